The van der Waals surface area contributed by atoms with E-state index in [-0.39, 0.29) is 18.1 Å². The van der Waals surface area contributed by atoms with Gasteiger partial charge in [0.25, 0.3) is 0 Å². The molecule has 0 bridgehead atoms. The molecule has 0 unspecified atom stereocenters. The van der Waals surface area contributed by atoms with Crippen LogP contribution in [-0.4, -0.2) is 31.6 Å². The number of likely N-dealkylation sites (N-methyl/N-ethyl adjacent to an activating group) is 1. The van der Waals surface area contributed by atoms with E-state index < -0.39 is 0 Å². The molecule has 2 N–H and O–H groups in total. The Hall–Kier alpha value is -1.55. The van der Waals surface area contributed by atoms with Gasteiger partial charge >= 0.3 is 0 Å². The summed E-state index contributed by atoms with van der Waals surface area (Å²) in [5.74, 6) is 0.414. The van der Waals surface area contributed by atoms with E-state index in [0.29, 0.717) is 11.3 Å². The van der Waals surface area contributed by atoms with Gasteiger partial charge in [0.05, 0.1) is 19.2 Å². The second-order valence-corrected chi connectivity index (χ2v) is 2.84. The Kier molecular flexibility index (Phi) is 3.48. The molecule has 0 atom stereocenters. The number of Topliss-reactive ketones (excluding diaryl/α,β-unsaturated/α-hetero) is 1. The summed E-state index contributed by atoms with van der Waals surface area (Å²) in [6.07, 6.45) is 0. The van der Waals surface area contributed by atoms with E-state index in [1.54, 1.807) is 13.1 Å². The number of ether oxygens (including phenoxy) is 1. The number of carbonyl (C=O) groups excluding carboxylic acids is 1. The number of hydrogen-bond donors (Lipinski definition) is 2. The number of ketones is 1. The van der Waals surface area contributed by atoms with E-state index in [2.05, 4.69) is 5.32 Å². The summed E-state index contributed by atoms with van der Waals surface area (Å²) in [6.45, 7) is 0.251. The van der Waals surface area contributed by atoms with Crippen LogP contribution in [0.4, 0.5) is 0 Å². The number of aromatic hydroxyl groups is 1. The van der Waals surface area contributed by atoms with Crippen LogP contribution in [0.3, 0.4) is 0 Å². The van der Waals surface area contributed by atoms with Gasteiger partial charge in [-0.25, -0.2) is 0 Å². The van der Waals surface area contributed by atoms with E-state index in [4.69, 9.17) is 4.74 Å². The fourth-order valence-electron chi connectivity index (χ4n) is 1.17. The monoisotopic (exact) mass is 195 g/mol. The molecule has 0 aliphatic carbocycles. The number of benzene rings is 1. The Morgan fingerprint density at radius 1 is 1.57 bits per heavy atom. The Morgan fingerprint density at radius 2 is 2.29 bits per heavy atom. The minimum atomic E-state index is -0.0654. The highest BCUT2D eigenvalue weighted by atomic mass is 16.5. The first-order valence-electron chi connectivity index (χ1n) is 4.24. The van der Waals surface area contributed by atoms with Crippen molar-refractivity contribution in [2.45, 2.75) is 0 Å². The van der Waals surface area contributed by atoms with Gasteiger partial charge in [-0.1, -0.05) is 0 Å². The lowest BCUT2D eigenvalue weighted by Gasteiger charge is -2.07. The van der Waals surface area contributed by atoms with Gasteiger partial charge < -0.3 is 15.2 Å². The molecule has 14 heavy (non-hydrogen) atoms. The quantitative estimate of drug-likeness (QED) is 0.698. The highest BCUT2D eigenvalue weighted by Crippen LogP contribution is 2.23. The van der Waals surface area contributed by atoms with Crippen LogP contribution in [0.5, 0.6) is 11.5 Å². The van der Waals surface area contributed by atoms with Crippen LogP contribution in [0, 0.1) is 0 Å². The number of rotatable bonds is 4. The summed E-state index contributed by atoms with van der Waals surface area (Å²) in [5, 5.41) is 11.9. The van der Waals surface area contributed by atoms with Crippen molar-refractivity contribution >= 4 is 5.78 Å². The minimum absolute atomic E-state index is 0.0654. The topological polar surface area (TPSA) is 58.6 Å². The van der Waals surface area contributed by atoms with E-state index in [0.717, 1.165) is 0 Å². The summed E-state index contributed by atoms with van der Waals surface area (Å²) >= 11 is 0. The molecule has 76 valence electrons. The zero-order valence-corrected chi connectivity index (χ0v) is 8.20. The molecule has 0 aliphatic heterocycles. The molecular weight excluding hydrogens is 182 g/mol. The average molecular weight is 195 g/mol. The predicted molar refractivity (Wildman–Crippen MR) is 52.9 cm³/mol. The lowest BCUT2D eigenvalue weighted by molar-refractivity contribution is 0.0990. The third-order valence-corrected chi connectivity index (χ3v) is 1.82. The van der Waals surface area contributed by atoms with Crippen LogP contribution in [-0.2, 0) is 0 Å². The zero-order valence-electron chi connectivity index (χ0n) is 8.20. The Labute approximate surface area is 82.5 Å². The summed E-state index contributed by atoms with van der Waals surface area (Å²) in [5.41, 5.74) is 0.472. The van der Waals surface area contributed by atoms with Crippen molar-refractivity contribution in [3.8, 4) is 11.5 Å². The van der Waals surface area contributed by atoms with Crippen LogP contribution < -0.4 is 10.1 Å². The molecule has 0 aliphatic rings. The first-order valence-corrected chi connectivity index (χ1v) is 4.24. The largest absolute Gasteiger partial charge is 0.508 e. The maximum Gasteiger partial charge on any atom is 0.180 e. The highest BCUT2D eigenvalue weighted by molar-refractivity contribution is 6.00. The molecule has 1 rings (SSSR count). The van der Waals surface area contributed by atoms with Crippen LogP contribution in [0.15, 0.2) is 18.2 Å². The summed E-state index contributed by atoms with van der Waals surface area (Å²) in [7, 11) is 3.16. The Bertz CT molecular complexity index is 336. The molecule has 0 radical (unpaired) electrons. The lowest BCUT2D eigenvalue weighted by atomic mass is 10.1. The minimum Gasteiger partial charge on any atom is -0.508 e. The van der Waals surface area contributed by atoms with Gasteiger partial charge in [-0.3, -0.25) is 4.79 Å². The summed E-state index contributed by atoms with van der Waals surface area (Å²) in [4.78, 5) is 11.5. The van der Waals surface area contributed by atoms with Crippen molar-refractivity contribution in [3.63, 3.8) is 0 Å². The molecule has 1 aromatic carbocycles. The molecule has 0 heterocycles. The maximum atomic E-state index is 11.5. The lowest BCUT2D eigenvalue weighted by Crippen LogP contribution is -2.19. The maximum absolute atomic E-state index is 11.5. The molecule has 0 saturated carbocycles. The molecule has 0 saturated heterocycles. The van der Waals surface area contributed by atoms with Gasteiger partial charge in [0.1, 0.15) is 11.5 Å². The molecule has 0 fully saturated rings. The van der Waals surface area contributed by atoms with Gasteiger partial charge in [0.2, 0.25) is 0 Å². The molecule has 0 amide bonds. The molecule has 4 heteroatoms. The Balaban J connectivity index is 3.01. The van der Waals surface area contributed by atoms with Gasteiger partial charge in [0.15, 0.2) is 5.78 Å². The highest BCUT2D eigenvalue weighted by Gasteiger charge is 2.11. The van der Waals surface area contributed by atoms with Crippen molar-refractivity contribution in [3.05, 3.63) is 23.8 Å². The van der Waals surface area contributed by atoms with E-state index in [9.17, 15) is 9.90 Å². The number of phenolic OH excluding ortho intramolecular Hbond substituents is 1. The smallest absolute Gasteiger partial charge is 0.180 e. The van der Waals surface area contributed by atoms with Crippen molar-refractivity contribution in [1.29, 1.82) is 0 Å². The summed E-state index contributed by atoms with van der Waals surface area (Å²) < 4.78 is 4.99. The van der Waals surface area contributed by atoms with Crippen molar-refractivity contribution in [2.75, 3.05) is 20.7 Å². The predicted octanol–water partition coefficient (Wildman–Crippen LogP) is 0.803. The fraction of sp³-hybridized carbons (Fsp3) is 0.300. The van der Waals surface area contributed by atoms with Crippen LogP contribution in [0.2, 0.25) is 0 Å². The fourth-order valence-corrected chi connectivity index (χ4v) is 1.17. The SMILES string of the molecule is CNCC(=O)c1ccc(O)cc1OC. The molecule has 0 aromatic heterocycles. The second-order valence-electron chi connectivity index (χ2n) is 2.84. The van der Waals surface area contributed by atoms with Gasteiger partial charge in [-0.05, 0) is 19.2 Å². The van der Waals surface area contributed by atoms with Gasteiger partial charge in [-0.15, -0.1) is 0 Å². The van der Waals surface area contributed by atoms with Crippen molar-refractivity contribution in [2.24, 2.45) is 0 Å². The third-order valence-electron chi connectivity index (χ3n) is 1.82. The van der Waals surface area contributed by atoms with Crippen molar-refractivity contribution in [1.82, 2.24) is 5.32 Å². The first-order chi connectivity index (χ1) is 6.69. The molecule has 4 nitrogen and oxygen atoms in total. The number of carbonyl (C=O) groups is 1. The van der Waals surface area contributed by atoms with Crippen LogP contribution in [0.25, 0.3) is 0 Å². The van der Waals surface area contributed by atoms with E-state index in [1.165, 1.54) is 19.2 Å². The number of hydrogen-bond acceptors (Lipinski definition) is 4. The first kappa shape index (κ1) is 10.5. The average Bonchev–Trinajstić information content (AvgIpc) is 2.17. The number of methoxy groups -OCH3 is 1. The molecule has 1 aromatic rings. The normalized spacial score (nSPS) is 9.86. The second kappa shape index (κ2) is 4.62. The molecule has 0 spiro atoms. The summed E-state index contributed by atoms with van der Waals surface area (Å²) in [6, 6.07) is 4.43. The van der Waals surface area contributed by atoms with E-state index >= 15 is 0 Å². The van der Waals surface area contributed by atoms with Gasteiger partial charge in [0, 0.05) is 6.07 Å². The standard InChI is InChI=1S/C10H13NO3/c1-11-6-9(13)8-4-3-7(12)5-10(8)14-2/h3-5,11-12H,6H2,1-2H3. The molecular formula is C10H13NO3. The Morgan fingerprint density at radius 3 is 2.86 bits per heavy atom. The van der Waals surface area contributed by atoms with Crippen molar-refractivity contribution < 1.29 is 14.6 Å². The number of phenols is 1. The number of nitrogens with one attached hydrogen (secondary N) is 1. The van der Waals surface area contributed by atoms with Gasteiger partial charge in [-0.2, -0.15) is 0 Å². The van der Waals surface area contributed by atoms with E-state index in [1.807, 2.05) is 0 Å². The van der Waals surface area contributed by atoms with Crippen LogP contribution >= 0.6 is 0 Å². The third kappa shape index (κ3) is 2.23. The van der Waals surface area contributed by atoms with Crippen LogP contribution in [0.1, 0.15) is 10.4 Å². The zero-order chi connectivity index (χ0) is 10.6.